The summed E-state index contributed by atoms with van der Waals surface area (Å²) in [4.78, 5) is 15.7. The molecule has 2 aromatic rings. The van der Waals surface area contributed by atoms with Gasteiger partial charge in [0.25, 0.3) is 0 Å². The van der Waals surface area contributed by atoms with Crippen molar-refractivity contribution in [3.05, 3.63) is 17.5 Å². The summed E-state index contributed by atoms with van der Waals surface area (Å²) < 4.78 is 6.71. The number of hydrogen-bond donors (Lipinski definition) is 2. The van der Waals surface area contributed by atoms with E-state index in [9.17, 15) is 9.90 Å². The van der Waals surface area contributed by atoms with Crippen molar-refractivity contribution >= 4 is 22.7 Å². The Morgan fingerprint density at radius 1 is 1.57 bits per heavy atom. The topological polar surface area (TPSA) is 89.3 Å². The number of carboxylic acids is 1. The molecule has 2 N–H and O–H groups in total. The average molecular weight is 292 g/mol. The highest BCUT2D eigenvalue weighted by molar-refractivity contribution is 6.04. The summed E-state index contributed by atoms with van der Waals surface area (Å²) in [5.74, 6) is -1.01. The number of aryl methyl sites for hydroxylation is 2. The lowest BCUT2D eigenvalue weighted by Gasteiger charge is -2.17. The minimum absolute atomic E-state index is 0.0771. The predicted molar refractivity (Wildman–Crippen MR) is 79.8 cm³/mol. The average Bonchev–Trinajstić information content (AvgIpc) is 2.72. The molecule has 0 fully saturated rings. The number of rotatable bonds is 6. The first-order valence-corrected chi connectivity index (χ1v) is 6.76. The zero-order chi connectivity index (χ0) is 15.6. The Bertz CT molecular complexity index is 666. The van der Waals surface area contributed by atoms with Crippen LogP contribution in [0.5, 0.6) is 0 Å². The molecule has 1 unspecified atom stereocenters. The maximum Gasteiger partial charge on any atom is 0.339 e. The Labute approximate surface area is 122 Å². The molecule has 114 valence electrons. The summed E-state index contributed by atoms with van der Waals surface area (Å²) in [6, 6.07) is 0.0771. The molecule has 2 rings (SSSR count). The Hall–Kier alpha value is -2.15. The summed E-state index contributed by atoms with van der Waals surface area (Å²) >= 11 is 0. The molecule has 0 saturated carbocycles. The van der Waals surface area contributed by atoms with Crippen LogP contribution in [0.1, 0.15) is 29.4 Å². The van der Waals surface area contributed by atoms with Crippen molar-refractivity contribution in [3.8, 4) is 0 Å². The first-order valence-electron chi connectivity index (χ1n) is 6.76. The van der Waals surface area contributed by atoms with Crippen molar-refractivity contribution in [1.29, 1.82) is 0 Å². The minimum atomic E-state index is -1.01. The maximum atomic E-state index is 11.4. The van der Waals surface area contributed by atoms with E-state index in [4.69, 9.17) is 4.74 Å². The van der Waals surface area contributed by atoms with Gasteiger partial charge in [0.05, 0.1) is 16.8 Å². The number of carbonyl (C=O) groups is 1. The molecule has 0 amide bonds. The van der Waals surface area contributed by atoms with E-state index in [1.165, 1.54) is 6.20 Å². The summed E-state index contributed by atoms with van der Waals surface area (Å²) in [6.07, 6.45) is 2.15. The van der Waals surface area contributed by atoms with Crippen LogP contribution in [0, 0.1) is 6.92 Å². The molecule has 0 aliphatic heterocycles. The van der Waals surface area contributed by atoms with Gasteiger partial charge in [0.2, 0.25) is 0 Å². The Balaban J connectivity index is 2.51. The molecule has 0 aliphatic carbocycles. The van der Waals surface area contributed by atoms with Crippen LogP contribution >= 0.6 is 0 Å². The summed E-state index contributed by atoms with van der Waals surface area (Å²) in [7, 11) is 3.44. The van der Waals surface area contributed by atoms with Crippen molar-refractivity contribution in [1.82, 2.24) is 14.8 Å². The zero-order valence-corrected chi connectivity index (χ0v) is 12.7. The summed E-state index contributed by atoms with van der Waals surface area (Å²) in [5, 5.41) is 17.7. The number of aromatic carboxylic acids is 1. The fourth-order valence-corrected chi connectivity index (χ4v) is 2.34. The normalized spacial score (nSPS) is 12.6. The van der Waals surface area contributed by atoms with E-state index < -0.39 is 5.97 Å². The maximum absolute atomic E-state index is 11.4. The van der Waals surface area contributed by atoms with Crippen LogP contribution < -0.4 is 5.32 Å². The number of nitrogens with one attached hydrogen (secondary N) is 1. The molecule has 0 saturated heterocycles. The SMILES string of the molecule is COCCC(C)Nc1c(C(=O)O)cnc2c1c(C)nn2C. The van der Waals surface area contributed by atoms with Gasteiger partial charge in [0.1, 0.15) is 5.56 Å². The van der Waals surface area contributed by atoms with E-state index >= 15 is 0 Å². The van der Waals surface area contributed by atoms with Crippen LogP contribution in [0.15, 0.2) is 6.20 Å². The van der Waals surface area contributed by atoms with E-state index in [2.05, 4.69) is 15.4 Å². The van der Waals surface area contributed by atoms with Crippen LogP contribution in [-0.4, -0.2) is 45.6 Å². The number of carboxylic acid groups (broad SMARTS) is 1. The number of methoxy groups -OCH3 is 1. The van der Waals surface area contributed by atoms with Crippen LogP contribution in [-0.2, 0) is 11.8 Å². The molecule has 2 heterocycles. The van der Waals surface area contributed by atoms with Gasteiger partial charge in [0.15, 0.2) is 5.65 Å². The lowest BCUT2D eigenvalue weighted by Crippen LogP contribution is -2.19. The second-order valence-corrected chi connectivity index (χ2v) is 5.09. The monoisotopic (exact) mass is 292 g/mol. The van der Waals surface area contributed by atoms with Crippen molar-refractivity contribution in [2.75, 3.05) is 19.0 Å². The second kappa shape index (κ2) is 6.09. The van der Waals surface area contributed by atoms with Crippen LogP contribution in [0.3, 0.4) is 0 Å². The lowest BCUT2D eigenvalue weighted by atomic mass is 10.1. The van der Waals surface area contributed by atoms with E-state index in [1.54, 1.807) is 18.8 Å². The van der Waals surface area contributed by atoms with Crippen molar-refractivity contribution < 1.29 is 14.6 Å². The lowest BCUT2D eigenvalue weighted by molar-refractivity contribution is 0.0697. The third kappa shape index (κ3) is 2.97. The Morgan fingerprint density at radius 2 is 2.29 bits per heavy atom. The van der Waals surface area contributed by atoms with Crippen molar-refractivity contribution in [2.24, 2.45) is 7.05 Å². The standard InChI is InChI=1S/C14H20N4O3/c1-8(5-6-21-4)16-12-10(14(19)20)7-15-13-11(12)9(2)17-18(13)3/h7-8H,5-6H2,1-4H3,(H,15,16)(H,19,20). The third-order valence-corrected chi connectivity index (χ3v) is 3.40. The van der Waals surface area contributed by atoms with Gasteiger partial charge in [0, 0.05) is 33.0 Å². The highest BCUT2D eigenvalue weighted by Crippen LogP contribution is 2.29. The molecule has 0 aromatic carbocycles. The number of anilines is 1. The van der Waals surface area contributed by atoms with E-state index in [-0.39, 0.29) is 11.6 Å². The van der Waals surface area contributed by atoms with Gasteiger partial charge in [-0.05, 0) is 20.3 Å². The smallest absolute Gasteiger partial charge is 0.339 e. The number of ether oxygens (including phenoxy) is 1. The number of hydrogen-bond acceptors (Lipinski definition) is 5. The largest absolute Gasteiger partial charge is 0.478 e. The molecule has 1 atom stereocenters. The minimum Gasteiger partial charge on any atom is -0.478 e. The van der Waals surface area contributed by atoms with Gasteiger partial charge < -0.3 is 15.2 Å². The molecule has 0 bridgehead atoms. The van der Waals surface area contributed by atoms with Crippen molar-refractivity contribution in [3.63, 3.8) is 0 Å². The molecule has 7 heteroatoms. The quantitative estimate of drug-likeness (QED) is 0.844. The highest BCUT2D eigenvalue weighted by Gasteiger charge is 2.20. The van der Waals surface area contributed by atoms with Crippen LogP contribution in [0.4, 0.5) is 5.69 Å². The Kier molecular flexibility index (Phi) is 4.42. The highest BCUT2D eigenvalue weighted by atomic mass is 16.5. The van der Waals surface area contributed by atoms with Gasteiger partial charge in [-0.15, -0.1) is 0 Å². The number of pyridine rings is 1. The number of nitrogens with zero attached hydrogens (tertiary/aromatic N) is 3. The van der Waals surface area contributed by atoms with Crippen LogP contribution in [0.25, 0.3) is 11.0 Å². The van der Waals surface area contributed by atoms with Crippen molar-refractivity contribution in [2.45, 2.75) is 26.3 Å². The van der Waals surface area contributed by atoms with E-state index in [0.717, 1.165) is 17.5 Å². The second-order valence-electron chi connectivity index (χ2n) is 5.09. The molecule has 7 nitrogen and oxygen atoms in total. The van der Waals surface area contributed by atoms with Gasteiger partial charge in [-0.1, -0.05) is 0 Å². The van der Waals surface area contributed by atoms with Gasteiger partial charge in [-0.3, -0.25) is 4.68 Å². The molecule has 0 aliphatic rings. The fourth-order valence-electron chi connectivity index (χ4n) is 2.34. The molecular weight excluding hydrogens is 272 g/mol. The molecule has 0 radical (unpaired) electrons. The number of fused-ring (bicyclic) bond motifs is 1. The first-order chi connectivity index (χ1) is 9.95. The molecule has 21 heavy (non-hydrogen) atoms. The Morgan fingerprint density at radius 3 is 2.90 bits per heavy atom. The molecule has 0 spiro atoms. The summed E-state index contributed by atoms with van der Waals surface area (Å²) in [5.41, 5.74) is 2.15. The predicted octanol–water partition coefficient (Wildman–Crippen LogP) is 1.81. The van der Waals surface area contributed by atoms with Gasteiger partial charge in [-0.25, -0.2) is 9.78 Å². The van der Waals surface area contributed by atoms with Crippen LogP contribution in [0.2, 0.25) is 0 Å². The first kappa shape index (κ1) is 15.2. The zero-order valence-electron chi connectivity index (χ0n) is 12.7. The fraction of sp³-hybridized carbons (Fsp3) is 0.500. The third-order valence-electron chi connectivity index (χ3n) is 3.40. The van der Waals surface area contributed by atoms with Gasteiger partial charge >= 0.3 is 5.97 Å². The van der Waals surface area contributed by atoms with E-state index in [1.807, 2.05) is 13.8 Å². The summed E-state index contributed by atoms with van der Waals surface area (Å²) in [6.45, 7) is 4.44. The molecule has 2 aromatic heterocycles. The number of aromatic nitrogens is 3. The van der Waals surface area contributed by atoms with E-state index in [0.29, 0.717) is 17.9 Å². The van der Waals surface area contributed by atoms with Gasteiger partial charge in [-0.2, -0.15) is 5.10 Å². The molecular formula is C14H20N4O3.